The van der Waals surface area contributed by atoms with Crippen LogP contribution < -0.4 is 0 Å². The lowest BCUT2D eigenvalue weighted by atomic mass is 10.2. The van der Waals surface area contributed by atoms with Gasteiger partial charge in [-0.05, 0) is 25.1 Å². The molecule has 0 saturated heterocycles. The van der Waals surface area contributed by atoms with Crippen LogP contribution in [-0.2, 0) is 4.79 Å². The number of thioether (sulfide) groups is 1. The molecule has 0 heterocycles. The highest BCUT2D eigenvalue weighted by Gasteiger charge is 2.15. The highest BCUT2D eigenvalue weighted by atomic mass is 79.9. The van der Waals surface area contributed by atoms with Crippen molar-refractivity contribution in [3.05, 3.63) is 28.7 Å². The third-order valence-corrected chi connectivity index (χ3v) is 4.07. The van der Waals surface area contributed by atoms with E-state index < -0.39 is 0 Å². The van der Waals surface area contributed by atoms with Gasteiger partial charge in [-0.1, -0.05) is 22.0 Å². The van der Waals surface area contributed by atoms with Crippen LogP contribution in [-0.4, -0.2) is 29.6 Å². The third-order valence-electron chi connectivity index (χ3n) is 2.60. The van der Waals surface area contributed by atoms with Crippen molar-refractivity contribution < 1.29 is 4.79 Å². The normalized spacial score (nSPS) is 11.7. The summed E-state index contributed by atoms with van der Waals surface area (Å²) in [7, 11) is 1.74. The van der Waals surface area contributed by atoms with E-state index in [1.54, 1.807) is 11.9 Å². The van der Waals surface area contributed by atoms with E-state index >= 15 is 0 Å². The van der Waals surface area contributed by atoms with Gasteiger partial charge in [0, 0.05) is 22.5 Å². The summed E-state index contributed by atoms with van der Waals surface area (Å²) >= 11 is 4.90. The first-order valence-corrected chi connectivity index (χ1v) is 7.33. The van der Waals surface area contributed by atoms with Crippen molar-refractivity contribution in [3.63, 3.8) is 0 Å². The standard InChI is InChI=1S/C13H15BrN2OS/c1-10(6-7-15)16(2)13(17)9-18-12-5-3-4-11(14)8-12/h3-5,8,10H,6,9H2,1-2H3/t10-/m0/s1. The Hall–Kier alpha value is -0.990. The zero-order chi connectivity index (χ0) is 13.5. The molecule has 1 amide bonds. The lowest BCUT2D eigenvalue weighted by molar-refractivity contribution is -0.128. The topological polar surface area (TPSA) is 44.1 Å². The number of amides is 1. The fraction of sp³-hybridized carbons (Fsp3) is 0.385. The van der Waals surface area contributed by atoms with Crippen LogP contribution in [0.1, 0.15) is 13.3 Å². The number of hydrogen-bond acceptors (Lipinski definition) is 3. The van der Waals surface area contributed by atoms with E-state index in [2.05, 4.69) is 22.0 Å². The third kappa shape index (κ3) is 4.71. The molecule has 3 nitrogen and oxygen atoms in total. The van der Waals surface area contributed by atoms with Crippen molar-refractivity contribution in [2.24, 2.45) is 0 Å². The number of rotatable bonds is 5. The maximum atomic E-state index is 11.9. The van der Waals surface area contributed by atoms with E-state index in [1.165, 1.54) is 11.8 Å². The van der Waals surface area contributed by atoms with Gasteiger partial charge in [0.05, 0.1) is 18.2 Å². The van der Waals surface area contributed by atoms with Gasteiger partial charge >= 0.3 is 0 Å². The van der Waals surface area contributed by atoms with Crippen molar-refractivity contribution in [2.45, 2.75) is 24.3 Å². The molecule has 0 fully saturated rings. The number of benzene rings is 1. The Balaban J connectivity index is 2.49. The Labute approximate surface area is 120 Å². The molecule has 0 aromatic heterocycles. The van der Waals surface area contributed by atoms with Crippen LogP contribution in [0, 0.1) is 11.3 Å². The minimum atomic E-state index is -0.0365. The predicted octanol–water partition coefficient (Wildman–Crippen LogP) is 3.30. The van der Waals surface area contributed by atoms with E-state index in [9.17, 15) is 4.79 Å². The average molecular weight is 327 g/mol. The number of carbonyl (C=O) groups excluding carboxylic acids is 1. The lowest BCUT2D eigenvalue weighted by Gasteiger charge is -2.22. The Kier molecular flexibility index (Phi) is 6.23. The predicted molar refractivity (Wildman–Crippen MR) is 77.3 cm³/mol. The second kappa shape index (κ2) is 7.45. The summed E-state index contributed by atoms with van der Waals surface area (Å²) in [6.07, 6.45) is 0.365. The molecule has 1 rings (SSSR count). The SMILES string of the molecule is C[C@@H](CC#N)N(C)C(=O)CSc1cccc(Br)c1. The van der Waals surface area contributed by atoms with Gasteiger partial charge in [-0.15, -0.1) is 11.8 Å². The largest absolute Gasteiger partial charge is 0.341 e. The first-order valence-electron chi connectivity index (χ1n) is 5.55. The van der Waals surface area contributed by atoms with Crippen LogP contribution in [0.15, 0.2) is 33.6 Å². The Bertz CT molecular complexity index is 459. The molecule has 1 aromatic rings. The molecule has 0 radical (unpaired) electrons. The molecule has 5 heteroatoms. The summed E-state index contributed by atoms with van der Waals surface area (Å²) < 4.78 is 1.01. The van der Waals surface area contributed by atoms with Crippen molar-refractivity contribution in [1.82, 2.24) is 4.90 Å². The molecule has 0 aliphatic carbocycles. The average Bonchev–Trinajstić information content (AvgIpc) is 2.35. The van der Waals surface area contributed by atoms with Crippen LogP contribution in [0.4, 0.5) is 0 Å². The quantitative estimate of drug-likeness (QED) is 0.780. The van der Waals surface area contributed by atoms with Crippen LogP contribution in [0.2, 0.25) is 0 Å². The summed E-state index contributed by atoms with van der Waals surface area (Å²) in [5.74, 6) is 0.436. The van der Waals surface area contributed by atoms with E-state index in [-0.39, 0.29) is 11.9 Å². The smallest absolute Gasteiger partial charge is 0.232 e. The fourth-order valence-electron chi connectivity index (χ4n) is 1.32. The zero-order valence-electron chi connectivity index (χ0n) is 10.4. The maximum Gasteiger partial charge on any atom is 0.232 e. The van der Waals surface area contributed by atoms with Crippen molar-refractivity contribution in [3.8, 4) is 6.07 Å². The summed E-state index contributed by atoms with van der Waals surface area (Å²) in [4.78, 5) is 14.6. The van der Waals surface area contributed by atoms with Gasteiger partial charge in [0.2, 0.25) is 5.91 Å². The monoisotopic (exact) mass is 326 g/mol. The highest BCUT2D eigenvalue weighted by Crippen LogP contribution is 2.22. The first-order chi connectivity index (χ1) is 8.54. The summed E-state index contributed by atoms with van der Waals surface area (Å²) in [5, 5.41) is 8.61. The Morgan fingerprint density at radius 3 is 2.94 bits per heavy atom. The van der Waals surface area contributed by atoms with E-state index in [0.29, 0.717) is 12.2 Å². The molecular weight excluding hydrogens is 312 g/mol. The molecule has 0 spiro atoms. The minimum Gasteiger partial charge on any atom is -0.341 e. The van der Waals surface area contributed by atoms with Crippen molar-refractivity contribution in [2.75, 3.05) is 12.8 Å². The number of hydrogen-bond donors (Lipinski definition) is 0. The maximum absolute atomic E-state index is 11.9. The van der Waals surface area contributed by atoms with E-state index in [4.69, 9.17) is 5.26 Å². The van der Waals surface area contributed by atoms with Crippen molar-refractivity contribution in [1.29, 1.82) is 5.26 Å². The Morgan fingerprint density at radius 2 is 2.33 bits per heavy atom. The molecule has 0 aliphatic heterocycles. The first kappa shape index (κ1) is 15.1. The second-order valence-electron chi connectivity index (χ2n) is 3.96. The van der Waals surface area contributed by atoms with Crippen LogP contribution >= 0.6 is 27.7 Å². The summed E-state index contributed by atoms with van der Waals surface area (Å²) in [6, 6.07) is 9.89. The molecule has 1 aromatic carbocycles. The Morgan fingerprint density at radius 1 is 1.61 bits per heavy atom. The van der Waals surface area contributed by atoms with E-state index in [1.807, 2.05) is 31.2 Å². The van der Waals surface area contributed by atoms with Gasteiger partial charge in [-0.3, -0.25) is 4.79 Å². The number of carbonyl (C=O) groups is 1. The highest BCUT2D eigenvalue weighted by molar-refractivity contribution is 9.10. The van der Waals surface area contributed by atoms with E-state index in [0.717, 1.165) is 9.37 Å². The van der Waals surface area contributed by atoms with Gasteiger partial charge in [0.25, 0.3) is 0 Å². The molecule has 0 bridgehead atoms. The fourth-order valence-corrected chi connectivity index (χ4v) is 2.75. The number of halogens is 1. The van der Waals surface area contributed by atoms with Gasteiger partial charge in [-0.25, -0.2) is 0 Å². The minimum absolute atomic E-state index is 0.0365. The van der Waals surface area contributed by atoms with Crippen LogP contribution in [0.3, 0.4) is 0 Å². The molecular formula is C13H15BrN2OS. The summed E-state index contributed by atoms with van der Waals surface area (Å²) in [5.41, 5.74) is 0. The molecule has 96 valence electrons. The zero-order valence-corrected chi connectivity index (χ0v) is 12.8. The van der Waals surface area contributed by atoms with Crippen LogP contribution in [0.25, 0.3) is 0 Å². The molecule has 0 saturated carbocycles. The van der Waals surface area contributed by atoms with Gasteiger partial charge < -0.3 is 4.90 Å². The molecule has 0 aliphatic rings. The molecule has 0 unspecified atom stereocenters. The number of nitrogens with zero attached hydrogens (tertiary/aromatic N) is 2. The van der Waals surface area contributed by atoms with Crippen LogP contribution in [0.5, 0.6) is 0 Å². The van der Waals surface area contributed by atoms with Crippen molar-refractivity contribution >= 4 is 33.6 Å². The molecule has 1 atom stereocenters. The van der Waals surface area contributed by atoms with Gasteiger partial charge in [0.15, 0.2) is 0 Å². The molecule has 18 heavy (non-hydrogen) atoms. The van der Waals surface area contributed by atoms with Gasteiger partial charge in [0.1, 0.15) is 0 Å². The lowest BCUT2D eigenvalue weighted by Crippen LogP contribution is -2.36. The number of nitriles is 1. The summed E-state index contributed by atoms with van der Waals surface area (Å²) in [6.45, 7) is 1.88. The second-order valence-corrected chi connectivity index (χ2v) is 5.93. The molecule has 0 N–H and O–H groups in total. The van der Waals surface area contributed by atoms with Gasteiger partial charge in [-0.2, -0.15) is 5.26 Å².